The Morgan fingerprint density at radius 1 is 1.47 bits per heavy atom. The van der Waals surface area contributed by atoms with E-state index >= 15 is 0 Å². The second kappa shape index (κ2) is 4.77. The van der Waals surface area contributed by atoms with Gasteiger partial charge in [0.05, 0.1) is 7.11 Å². The van der Waals surface area contributed by atoms with Gasteiger partial charge < -0.3 is 10.1 Å². The van der Waals surface area contributed by atoms with Gasteiger partial charge in [0.15, 0.2) is 0 Å². The molecule has 0 spiro atoms. The topological polar surface area (TPSA) is 51.2 Å². The summed E-state index contributed by atoms with van der Waals surface area (Å²) in [4.78, 5) is 15.5. The first-order valence-electron chi connectivity index (χ1n) is 4.86. The van der Waals surface area contributed by atoms with Crippen molar-refractivity contribution in [3.8, 4) is 5.88 Å². The Hall–Kier alpha value is -1.58. The molecule has 0 saturated heterocycles. The number of carbonyl (C=O) groups is 1. The van der Waals surface area contributed by atoms with Gasteiger partial charge in [0, 0.05) is 13.1 Å². The molecular formula is C11H16N2O2. The first-order chi connectivity index (χ1) is 7.08. The number of hydrogen-bond donors (Lipinski definition) is 1. The van der Waals surface area contributed by atoms with Crippen molar-refractivity contribution in [2.24, 2.45) is 0 Å². The van der Waals surface area contributed by atoms with Crippen LogP contribution in [0.2, 0.25) is 0 Å². The molecule has 0 bridgehead atoms. The first-order valence-corrected chi connectivity index (χ1v) is 4.86. The first kappa shape index (κ1) is 11.5. The summed E-state index contributed by atoms with van der Waals surface area (Å²) >= 11 is 0. The summed E-state index contributed by atoms with van der Waals surface area (Å²) in [6.07, 6.45) is 0. The quantitative estimate of drug-likeness (QED) is 0.820. The molecule has 1 N–H and O–H groups in total. The minimum Gasteiger partial charge on any atom is -0.481 e. The summed E-state index contributed by atoms with van der Waals surface area (Å²) in [6, 6.07) is 3.63. The largest absolute Gasteiger partial charge is 0.481 e. The summed E-state index contributed by atoms with van der Waals surface area (Å²) < 4.78 is 5.05. The van der Waals surface area contributed by atoms with Gasteiger partial charge in [-0.2, -0.15) is 0 Å². The van der Waals surface area contributed by atoms with Crippen molar-refractivity contribution in [1.29, 1.82) is 0 Å². The standard InChI is InChI=1S/C11H16N2O2/c1-7(2)8-5-9(11(14)12-3)13-10(6-8)15-4/h5-7H,1-4H3,(H,12,14). The van der Waals surface area contributed by atoms with Gasteiger partial charge in [-0.25, -0.2) is 4.98 Å². The molecule has 0 aliphatic rings. The molecule has 1 aromatic heterocycles. The molecule has 0 saturated carbocycles. The van der Waals surface area contributed by atoms with E-state index in [2.05, 4.69) is 24.1 Å². The molecule has 0 radical (unpaired) electrons. The smallest absolute Gasteiger partial charge is 0.269 e. The second-order valence-electron chi connectivity index (χ2n) is 3.56. The Labute approximate surface area is 89.7 Å². The van der Waals surface area contributed by atoms with E-state index in [4.69, 9.17) is 4.74 Å². The van der Waals surface area contributed by atoms with E-state index in [1.165, 1.54) is 0 Å². The van der Waals surface area contributed by atoms with Crippen molar-refractivity contribution in [2.75, 3.05) is 14.2 Å². The summed E-state index contributed by atoms with van der Waals surface area (Å²) in [5.41, 5.74) is 1.43. The van der Waals surface area contributed by atoms with Crippen molar-refractivity contribution in [1.82, 2.24) is 10.3 Å². The number of pyridine rings is 1. The molecule has 0 fully saturated rings. The van der Waals surface area contributed by atoms with Crippen LogP contribution < -0.4 is 10.1 Å². The lowest BCUT2D eigenvalue weighted by Gasteiger charge is -2.09. The minimum absolute atomic E-state index is 0.198. The van der Waals surface area contributed by atoms with Crippen LogP contribution >= 0.6 is 0 Å². The Morgan fingerprint density at radius 2 is 2.13 bits per heavy atom. The Morgan fingerprint density at radius 3 is 2.60 bits per heavy atom. The number of ether oxygens (including phenoxy) is 1. The van der Waals surface area contributed by atoms with Gasteiger partial charge in [0.1, 0.15) is 5.69 Å². The lowest BCUT2D eigenvalue weighted by Crippen LogP contribution is -2.19. The fourth-order valence-electron chi connectivity index (χ4n) is 1.21. The highest BCUT2D eigenvalue weighted by atomic mass is 16.5. The van der Waals surface area contributed by atoms with Crippen molar-refractivity contribution in [3.05, 3.63) is 23.4 Å². The normalized spacial score (nSPS) is 10.2. The Bertz CT molecular complexity index is 362. The third-order valence-corrected chi connectivity index (χ3v) is 2.16. The lowest BCUT2D eigenvalue weighted by atomic mass is 10.0. The van der Waals surface area contributed by atoms with Crippen LogP contribution in [0.5, 0.6) is 5.88 Å². The van der Waals surface area contributed by atoms with Crippen LogP contribution in [-0.2, 0) is 0 Å². The number of hydrogen-bond acceptors (Lipinski definition) is 3. The number of nitrogens with zero attached hydrogens (tertiary/aromatic N) is 1. The monoisotopic (exact) mass is 208 g/mol. The van der Waals surface area contributed by atoms with Crippen LogP contribution in [0.25, 0.3) is 0 Å². The number of methoxy groups -OCH3 is 1. The molecule has 1 rings (SSSR count). The van der Waals surface area contributed by atoms with E-state index < -0.39 is 0 Å². The van der Waals surface area contributed by atoms with Gasteiger partial charge in [0.25, 0.3) is 5.91 Å². The third-order valence-electron chi connectivity index (χ3n) is 2.16. The minimum atomic E-state index is -0.198. The zero-order valence-electron chi connectivity index (χ0n) is 9.50. The van der Waals surface area contributed by atoms with Gasteiger partial charge in [-0.15, -0.1) is 0 Å². The van der Waals surface area contributed by atoms with Crippen LogP contribution in [0.4, 0.5) is 0 Å². The summed E-state index contributed by atoms with van der Waals surface area (Å²) in [5, 5.41) is 2.54. The predicted octanol–water partition coefficient (Wildman–Crippen LogP) is 1.57. The van der Waals surface area contributed by atoms with Crippen LogP contribution in [0.3, 0.4) is 0 Å². The molecule has 1 amide bonds. The SMILES string of the molecule is CNC(=O)c1cc(C(C)C)cc(OC)n1. The van der Waals surface area contributed by atoms with Crippen molar-refractivity contribution >= 4 is 5.91 Å². The van der Waals surface area contributed by atoms with Crippen molar-refractivity contribution < 1.29 is 9.53 Å². The Balaban J connectivity index is 3.17. The van der Waals surface area contributed by atoms with Crippen molar-refractivity contribution in [3.63, 3.8) is 0 Å². The van der Waals surface area contributed by atoms with E-state index in [0.717, 1.165) is 5.56 Å². The molecule has 0 aliphatic heterocycles. The summed E-state index contributed by atoms with van der Waals surface area (Å²) in [7, 11) is 3.12. The third kappa shape index (κ3) is 2.68. The van der Waals surface area contributed by atoms with E-state index in [-0.39, 0.29) is 5.91 Å². The lowest BCUT2D eigenvalue weighted by molar-refractivity contribution is 0.0957. The number of amides is 1. The van der Waals surface area contributed by atoms with E-state index in [0.29, 0.717) is 17.5 Å². The maximum atomic E-state index is 11.4. The molecule has 15 heavy (non-hydrogen) atoms. The zero-order chi connectivity index (χ0) is 11.4. The molecule has 1 heterocycles. The molecule has 0 unspecified atom stereocenters. The van der Waals surface area contributed by atoms with Crippen LogP contribution in [0.15, 0.2) is 12.1 Å². The molecule has 1 aromatic rings. The van der Waals surface area contributed by atoms with Gasteiger partial charge in [0.2, 0.25) is 5.88 Å². The van der Waals surface area contributed by atoms with Crippen LogP contribution in [-0.4, -0.2) is 25.0 Å². The summed E-state index contributed by atoms with van der Waals surface area (Å²) in [5.74, 6) is 0.612. The van der Waals surface area contributed by atoms with E-state index in [9.17, 15) is 4.79 Å². The van der Waals surface area contributed by atoms with Crippen LogP contribution in [0.1, 0.15) is 35.8 Å². The fraction of sp³-hybridized carbons (Fsp3) is 0.455. The maximum absolute atomic E-state index is 11.4. The molecule has 4 heteroatoms. The summed E-state index contributed by atoms with van der Waals surface area (Å²) in [6.45, 7) is 4.12. The predicted molar refractivity (Wildman–Crippen MR) is 58.3 cm³/mol. The average molecular weight is 208 g/mol. The number of rotatable bonds is 3. The van der Waals surface area contributed by atoms with Gasteiger partial charge in [-0.3, -0.25) is 4.79 Å². The van der Waals surface area contributed by atoms with Crippen LogP contribution in [0, 0.1) is 0 Å². The Kier molecular flexibility index (Phi) is 3.66. The molecule has 0 aromatic carbocycles. The number of aromatic nitrogens is 1. The highest BCUT2D eigenvalue weighted by Gasteiger charge is 2.10. The number of nitrogens with one attached hydrogen (secondary N) is 1. The highest BCUT2D eigenvalue weighted by molar-refractivity contribution is 5.92. The molecule has 0 aliphatic carbocycles. The maximum Gasteiger partial charge on any atom is 0.269 e. The molecular weight excluding hydrogens is 192 g/mol. The van der Waals surface area contributed by atoms with E-state index in [1.807, 2.05) is 6.07 Å². The highest BCUT2D eigenvalue weighted by Crippen LogP contribution is 2.19. The van der Waals surface area contributed by atoms with Crippen molar-refractivity contribution in [2.45, 2.75) is 19.8 Å². The van der Waals surface area contributed by atoms with Gasteiger partial charge in [-0.05, 0) is 17.5 Å². The molecule has 82 valence electrons. The van der Waals surface area contributed by atoms with Gasteiger partial charge >= 0.3 is 0 Å². The van der Waals surface area contributed by atoms with Gasteiger partial charge in [-0.1, -0.05) is 13.8 Å². The van der Waals surface area contributed by atoms with E-state index in [1.54, 1.807) is 20.2 Å². The molecule has 4 nitrogen and oxygen atoms in total. The zero-order valence-corrected chi connectivity index (χ0v) is 9.50. The average Bonchev–Trinajstić information content (AvgIpc) is 2.27. The number of carbonyl (C=O) groups excluding carboxylic acids is 1. The second-order valence-corrected chi connectivity index (χ2v) is 3.56. The fourth-order valence-corrected chi connectivity index (χ4v) is 1.21. The molecule has 0 atom stereocenters.